The number of amides is 3. The Morgan fingerprint density at radius 3 is 2.75 bits per heavy atom. The molecule has 0 radical (unpaired) electrons. The maximum atomic E-state index is 13.3. The lowest BCUT2D eigenvalue weighted by Crippen LogP contribution is -2.52. The van der Waals surface area contributed by atoms with Crippen molar-refractivity contribution in [2.75, 3.05) is 36.4 Å². The molecule has 1 atom stereocenters. The molecule has 9 nitrogen and oxygen atoms in total. The molecule has 0 bridgehead atoms. The average molecular weight is 435 g/mol. The van der Waals surface area contributed by atoms with Crippen molar-refractivity contribution < 1.29 is 14.4 Å². The maximum absolute atomic E-state index is 13.3. The second kappa shape index (κ2) is 8.58. The number of fused-ring (bicyclic) bond motifs is 1. The Morgan fingerprint density at radius 1 is 1.09 bits per heavy atom. The van der Waals surface area contributed by atoms with Gasteiger partial charge < -0.3 is 20.4 Å². The van der Waals surface area contributed by atoms with Crippen LogP contribution in [0.5, 0.6) is 0 Å². The predicted molar refractivity (Wildman–Crippen MR) is 119 cm³/mol. The van der Waals surface area contributed by atoms with Gasteiger partial charge in [-0.3, -0.25) is 19.7 Å². The van der Waals surface area contributed by atoms with Crippen LogP contribution >= 0.6 is 0 Å². The van der Waals surface area contributed by atoms with Crippen LogP contribution in [0.15, 0.2) is 36.5 Å². The van der Waals surface area contributed by atoms with Crippen molar-refractivity contribution in [3.8, 4) is 0 Å². The lowest BCUT2D eigenvalue weighted by Gasteiger charge is -2.30. The normalized spacial score (nSPS) is 20.9. The third-order valence-electron chi connectivity index (χ3n) is 6.31. The molecule has 0 aliphatic carbocycles. The van der Waals surface area contributed by atoms with Crippen molar-refractivity contribution >= 4 is 29.2 Å². The van der Waals surface area contributed by atoms with Crippen molar-refractivity contribution in [2.45, 2.75) is 32.0 Å². The summed E-state index contributed by atoms with van der Waals surface area (Å²) >= 11 is 0. The largest absolute Gasteiger partial charge is 0.378 e. The summed E-state index contributed by atoms with van der Waals surface area (Å²) in [5.41, 5.74) is 3.38. The molecular formula is C23H26N6O3. The van der Waals surface area contributed by atoms with Crippen LogP contribution in [0.1, 0.15) is 34.3 Å². The van der Waals surface area contributed by atoms with Crippen LogP contribution in [0.2, 0.25) is 0 Å². The van der Waals surface area contributed by atoms with Crippen LogP contribution in [0.25, 0.3) is 0 Å². The zero-order valence-corrected chi connectivity index (χ0v) is 17.8. The standard InChI is InChI=1S/C23H26N6O3/c30-19-7-6-18(22(31)27-19)29-14-16-4-1-3-15(20(16)23(29)32)13-26-17-5-2-8-25-21(17)28-11-9-24-10-12-28/h1-5,8,18,24,26H,6-7,9-14H2,(H,27,30,31). The number of imide groups is 1. The van der Waals surface area contributed by atoms with Crippen LogP contribution in [-0.2, 0) is 22.7 Å². The number of benzene rings is 1. The number of hydrogen-bond acceptors (Lipinski definition) is 7. The molecule has 5 rings (SSSR count). The molecule has 2 saturated heterocycles. The minimum absolute atomic E-state index is 0.152. The lowest BCUT2D eigenvalue weighted by atomic mass is 10.0. The number of carbonyl (C=O) groups is 3. The molecule has 3 aliphatic rings. The summed E-state index contributed by atoms with van der Waals surface area (Å²) in [5.74, 6) is 0.0913. The molecule has 2 aromatic rings. The summed E-state index contributed by atoms with van der Waals surface area (Å²) in [4.78, 5) is 45.5. The summed E-state index contributed by atoms with van der Waals surface area (Å²) in [5, 5.41) is 9.17. The predicted octanol–water partition coefficient (Wildman–Crippen LogP) is 0.864. The Morgan fingerprint density at radius 2 is 1.94 bits per heavy atom. The quantitative estimate of drug-likeness (QED) is 0.600. The number of nitrogens with one attached hydrogen (secondary N) is 3. The van der Waals surface area contributed by atoms with Crippen molar-refractivity contribution in [3.63, 3.8) is 0 Å². The average Bonchev–Trinajstić information content (AvgIpc) is 3.15. The molecule has 1 aromatic carbocycles. The number of anilines is 2. The van der Waals surface area contributed by atoms with Gasteiger partial charge in [0.15, 0.2) is 5.82 Å². The zero-order chi connectivity index (χ0) is 22.1. The van der Waals surface area contributed by atoms with Crippen molar-refractivity contribution in [1.82, 2.24) is 20.5 Å². The van der Waals surface area contributed by atoms with Gasteiger partial charge in [0.1, 0.15) is 6.04 Å². The summed E-state index contributed by atoms with van der Waals surface area (Å²) in [7, 11) is 0. The summed E-state index contributed by atoms with van der Waals surface area (Å²) in [6, 6.07) is 9.12. The summed E-state index contributed by atoms with van der Waals surface area (Å²) in [6.07, 6.45) is 2.41. The van der Waals surface area contributed by atoms with Crippen LogP contribution in [-0.4, -0.2) is 59.8 Å². The van der Waals surface area contributed by atoms with Crippen LogP contribution in [0.3, 0.4) is 0 Å². The maximum Gasteiger partial charge on any atom is 0.255 e. The van der Waals surface area contributed by atoms with Gasteiger partial charge in [-0.25, -0.2) is 4.98 Å². The highest BCUT2D eigenvalue weighted by Crippen LogP contribution is 2.31. The van der Waals surface area contributed by atoms with E-state index in [1.165, 1.54) is 0 Å². The van der Waals surface area contributed by atoms with E-state index in [9.17, 15) is 14.4 Å². The van der Waals surface area contributed by atoms with Gasteiger partial charge in [0.05, 0.1) is 5.69 Å². The van der Waals surface area contributed by atoms with Crippen LogP contribution in [0.4, 0.5) is 11.5 Å². The first-order valence-electron chi connectivity index (χ1n) is 11.0. The Kier molecular flexibility index (Phi) is 5.48. The Hall–Kier alpha value is -3.46. The van der Waals surface area contributed by atoms with E-state index in [1.54, 1.807) is 11.1 Å². The highest BCUT2D eigenvalue weighted by atomic mass is 16.2. The fraction of sp³-hybridized carbons (Fsp3) is 0.391. The Labute approximate surface area is 186 Å². The van der Waals surface area contributed by atoms with Crippen molar-refractivity contribution in [3.05, 3.63) is 53.2 Å². The number of piperazine rings is 1. The highest BCUT2D eigenvalue weighted by Gasteiger charge is 2.39. The van der Waals surface area contributed by atoms with Crippen LogP contribution in [0, 0.1) is 0 Å². The van der Waals surface area contributed by atoms with E-state index in [-0.39, 0.29) is 18.2 Å². The van der Waals surface area contributed by atoms with Crippen molar-refractivity contribution in [2.24, 2.45) is 0 Å². The number of rotatable bonds is 5. The third-order valence-corrected chi connectivity index (χ3v) is 6.31. The van der Waals surface area contributed by atoms with Crippen LogP contribution < -0.4 is 20.9 Å². The third kappa shape index (κ3) is 3.80. The fourth-order valence-electron chi connectivity index (χ4n) is 4.69. The van der Waals surface area contributed by atoms with Gasteiger partial charge in [-0.05, 0) is 29.7 Å². The molecule has 1 unspecified atom stereocenters. The van der Waals surface area contributed by atoms with E-state index in [0.717, 1.165) is 48.8 Å². The number of pyridine rings is 1. The van der Waals surface area contributed by atoms with Gasteiger partial charge >= 0.3 is 0 Å². The second-order valence-corrected chi connectivity index (χ2v) is 8.32. The summed E-state index contributed by atoms with van der Waals surface area (Å²) in [6.45, 7) is 4.49. The summed E-state index contributed by atoms with van der Waals surface area (Å²) < 4.78 is 0. The van der Waals surface area contributed by atoms with E-state index in [2.05, 4.69) is 25.8 Å². The zero-order valence-electron chi connectivity index (χ0n) is 17.8. The minimum atomic E-state index is -0.606. The molecule has 3 N–H and O–H groups in total. The lowest BCUT2D eigenvalue weighted by molar-refractivity contribution is -0.136. The van der Waals surface area contributed by atoms with Gasteiger partial charge in [-0.15, -0.1) is 0 Å². The minimum Gasteiger partial charge on any atom is -0.378 e. The fourth-order valence-corrected chi connectivity index (χ4v) is 4.69. The Bertz CT molecular complexity index is 1070. The Balaban J connectivity index is 1.34. The van der Waals surface area contributed by atoms with Gasteiger partial charge in [-0.2, -0.15) is 0 Å². The molecule has 32 heavy (non-hydrogen) atoms. The number of nitrogens with zero attached hydrogens (tertiary/aromatic N) is 3. The molecular weight excluding hydrogens is 408 g/mol. The van der Waals surface area contributed by atoms with E-state index in [4.69, 9.17) is 0 Å². The topological polar surface area (TPSA) is 107 Å². The molecule has 166 valence electrons. The first kappa shape index (κ1) is 20.4. The SMILES string of the molecule is O=C1CCC(N2Cc3cccc(CNc4cccnc4N4CCNCC4)c3C2=O)C(=O)N1. The van der Waals surface area contributed by atoms with Crippen molar-refractivity contribution in [1.29, 1.82) is 0 Å². The van der Waals surface area contributed by atoms with Gasteiger partial charge in [-0.1, -0.05) is 18.2 Å². The molecule has 3 aliphatic heterocycles. The number of aromatic nitrogens is 1. The molecule has 9 heteroatoms. The smallest absolute Gasteiger partial charge is 0.255 e. The van der Waals surface area contributed by atoms with E-state index < -0.39 is 11.9 Å². The highest BCUT2D eigenvalue weighted by molar-refractivity contribution is 6.06. The molecule has 2 fully saturated rings. The van der Waals surface area contributed by atoms with Gasteiger partial charge in [0.25, 0.3) is 5.91 Å². The number of hydrogen-bond donors (Lipinski definition) is 3. The molecule has 0 spiro atoms. The second-order valence-electron chi connectivity index (χ2n) is 8.32. The molecule has 4 heterocycles. The number of carbonyl (C=O) groups excluding carboxylic acids is 3. The first-order chi connectivity index (χ1) is 15.6. The van der Waals surface area contributed by atoms with E-state index in [1.807, 2.05) is 30.3 Å². The van der Waals surface area contributed by atoms with E-state index in [0.29, 0.717) is 25.1 Å². The molecule has 1 aromatic heterocycles. The van der Waals surface area contributed by atoms with Gasteiger partial charge in [0, 0.05) is 57.4 Å². The number of piperidine rings is 1. The van der Waals surface area contributed by atoms with E-state index >= 15 is 0 Å². The van der Waals surface area contributed by atoms with Gasteiger partial charge in [0.2, 0.25) is 11.8 Å². The monoisotopic (exact) mass is 434 g/mol. The molecule has 3 amide bonds. The first-order valence-corrected chi connectivity index (χ1v) is 11.0. The molecule has 0 saturated carbocycles.